The van der Waals surface area contributed by atoms with Crippen molar-refractivity contribution in [2.24, 2.45) is 11.8 Å². The van der Waals surface area contributed by atoms with Gasteiger partial charge in [-0.25, -0.2) is 0 Å². The Morgan fingerprint density at radius 2 is 1.70 bits per heavy atom. The molecule has 1 saturated heterocycles. The van der Waals surface area contributed by atoms with E-state index in [9.17, 15) is 19.5 Å². The van der Waals surface area contributed by atoms with Gasteiger partial charge in [-0.15, -0.1) is 0 Å². The first-order valence-corrected chi connectivity index (χ1v) is 9.44. The predicted octanol–water partition coefficient (Wildman–Crippen LogP) is 1.87. The Morgan fingerprint density at radius 1 is 1.04 bits per heavy atom. The van der Waals surface area contributed by atoms with Crippen LogP contribution in [-0.2, 0) is 9.59 Å². The molecule has 146 valence electrons. The molecular formula is C20H26N2O5. The molecule has 0 radical (unpaired) electrons. The highest BCUT2D eigenvalue weighted by Crippen LogP contribution is 2.31. The topological polar surface area (TPSA) is 87.2 Å². The zero-order valence-electron chi connectivity index (χ0n) is 15.6. The largest absolute Gasteiger partial charge is 0.497 e. The van der Waals surface area contributed by atoms with E-state index < -0.39 is 11.9 Å². The van der Waals surface area contributed by atoms with Crippen molar-refractivity contribution in [1.29, 1.82) is 0 Å². The third-order valence-electron chi connectivity index (χ3n) is 5.57. The maximum Gasteiger partial charge on any atom is 0.306 e. The number of hydrogen-bond acceptors (Lipinski definition) is 4. The SMILES string of the molecule is COc1cccc(C(=O)N2CCN(C(=O)C3CCCC(C(=O)O)C3)CC2)c1. The van der Waals surface area contributed by atoms with Crippen LogP contribution in [0.15, 0.2) is 24.3 Å². The monoisotopic (exact) mass is 374 g/mol. The minimum Gasteiger partial charge on any atom is -0.497 e. The molecule has 1 aromatic carbocycles. The van der Waals surface area contributed by atoms with Crippen LogP contribution in [0.4, 0.5) is 0 Å². The fraction of sp³-hybridized carbons (Fsp3) is 0.550. The molecule has 1 aromatic rings. The highest BCUT2D eigenvalue weighted by Gasteiger charge is 2.34. The standard InChI is InChI=1S/C20H26N2O5/c1-27-17-7-3-5-15(13-17)19(24)22-10-8-21(9-11-22)18(23)14-4-2-6-16(12-14)20(25)26/h3,5,7,13-14,16H,2,4,6,8-12H2,1H3,(H,25,26). The quantitative estimate of drug-likeness (QED) is 0.869. The number of piperazine rings is 1. The minimum atomic E-state index is -0.804. The average Bonchev–Trinajstić information content (AvgIpc) is 2.73. The summed E-state index contributed by atoms with van der Waals surface area (Å²) in [5, 5.41) is 9.21. The first-order valence-electron chi connectivity index (χ1n) is 9.44. The number of carbonyl (C=O) groups is 3. The molecule has 0 spiro atoms. The molecule has 2 unspecified atom stereocenters. The van der Waals surface area contributed by atoms with Crippen LogP contribution >= 0.6 is 0 Å². The molecule has 3 rings (SSSR count). The van der Waals surface area contributed by atoms with Crippen molar-refractivity contribution in [2.75, 3.05) is 33.3 Å². The second-order valence-electron chi connectivity index (χ2n) is 7.25. The van der Waals surface area contributed by atoms with E-state index in [0.29, 0.717) is 50.3 Å². The van der Waals surface area contributed by atoms with Crippen LogP contribution in [0.1, 0.15) is 36.0 Å². The summed E-state index contributed by atoms with van der Waals surface area (Å²) in [6.07, 6.45) is 2.62. The average molecular weight is 374 g/mol. The Kier molecular flexibility index (Phi) is 5.98. The zero-order valence-corrected chi connectivity index (χ0v) is 15.6. The molecule has 0 aromatic heterocycles. The molecule has 0 bridgehead atoms. The van der Waals surface area contributed by atoms with Crippen LogP contribution in [0.25, 0.3) is 0 Å². The van der Waals surface area contributed by atoms with Crippen LogP contribution in [0, 0.1) is 11.8 Å². The van der Waals surface area contributed by atoms with Gasteiger partial charge in [0.2, 0.25) is 5.91 Å². The van der Waals surface area contributed by atoms with Gasteiger partial charge in [0.15, 0.2) is 0 Å². The van der Waals surface area contributed by atoms with Crippen molar-refractivity contribution in [3.63, 3.8) is 0 Å². The molecule has 7 nitrogen and oxygen atoms in total. The first-order chi connectivity index (χ1) is 13.0. The number of methoxy groups -OCH3 is 1. The van der Waals surface area contributed by atoms with Crippen molar-refractivity contribution in [3.8, 4) is 5.75 Å². The summed E-state index contributed by atoms with van der Waals surface area (Å²) < 4.78 is 5.17. The van der Waals surface area contributed by atoms with E-state index in [2.05, 4.69) is 0 Å². The van der Waals surface area contributed by atoms with Crippen LogP contribution in [0.3, 0.4) is 0 Å². The Bertz CT molecular complexity index is 712. The van der Waals surface area contributed by atoms with Crippen molar-refractivity contribution in [2.45, 2.75) is 25.7 Å². The lowest BCUT2D eigenvalue weighted by molar-refractivity contribution is -0.146. The molecule has 2 atom stereocenters. The van der Waals surface area contributed by atoms with E-state index in [0.717, 1.165) is 12.8 Å². The molecule has 1 aliphatic heterocycles. The normalized spacial score (nSPS) is 23.0. The smallest absolute Gasteiger partial charge is 0.306 e. The minimum absolute atomic E-state index is 0.0365. The summed E-state index contributed by atoms with van der Waals surface area (Å²) in [5.74, 6) is -0.815. The number of carboxylic acid groups (broad SMARTS) is 1. The number of benzene rings is 1. The van der Waals surface area contributed by atoms with E-state index in [1.807, 2.05) is 0 Å². The molecule has 1 saturated carbocycles. The van der Waals surface area contributed by atoms with Gasteiger partial charge in [-0.05, 0) is 37.5 Å². The van der Waals surface area contributed by atoms with E-state index in [1.54, 1.807) is 41.2 Å². The second kappa shape index (κ2) is 8.41. The number of nitrogens with zero attached hydrogens (tertiary/aromatic N) is 2. The summed E-state index contributed by atoms with van der Waals surface area (Å²) >= 11 is 0. The van der Waals surface area contributed by atoms with Gasteiger partial charge in [0.1, 0.15) is 5.75 Å². The Hall–Kier alpha value is -2.57. The van der Waals surface area contributed by atoms with Crippen LogP contribution in [-0.4, -0.2) is 66.0 Å². The molecule has 2 aliphatic rings. The van der Waals surface area contributed by atoms with Gasteiger partial charge in [-0.3, -0.25) is 14.4 Å². The van der Waals surface area contributed by atoms with Gasteiger partial charge in [0, 0.05) is 37.7 Å². The highest BCUT2D eigenvalue weighted by molar-refractivity contribution is 5.94. The second-order valence-corrected chi connectivity index (χ2v) is 7.25. The molecule has 1 N–H and O–H groups in total. The van der Waals surface area contributed by atoms with Gasteiger partial charge in [0.25, 0.3) is 5.91 Å². The van der Waals surface area contributed by atoms with Crippen molar-refractivity contribution < 1.29 is 24.2 Å². The predicted molar refractivity (Wildman–Crippen MR) is 98.6 cm³/mol. The van der Waals surface area contributed by atoms with Crippen molar-refractivity contribution >= 4 is 17.8 Å². The molecule has 1 aliphatic carbocycles. The maximum atomic E-state index is 12.8. The number of hydrogen-bond donors (Lipinski definition) is 1. The van der Waals surface area contributed by atoms with Gasteiger partial charge in [-0.1, -0.05) is 12.5 Å². The number of carboxylic acids is 1. The number of aliphatic carboxylic acids is 1. The van der Waals surface area contributed by atoms with Gasteiger partial charge in [-0.2, -0.15) is 0 Å². The van der Waals surface area contributed by atoms with Crippen LogP contribution < -0.4 is 4.74 Å². The van der Waals surface area contributed by atoms with E-state index in [1.165, 1.54) is 0 Å². The van der Waals surface area contributed by atoms with Crippen molar-refractivity contribution in [1.82, 2.24) is 9.80 Å². The summed E-state index contributed by atoms with van der Waals surface area (Å²) in [6, 6.07) is 7.06. The Labute approximate surface area is 158 Å². The zero-order chi connectivity index (χ0) is 19.4. The van der Waals surface area contributed by atoms with E-state index >= 15 is 0 Å². The molecule has 7 heteroatoms. The highest BCUT2D eigenvalue weighted by atomic mass is 16.5. The molecule has 2 fully saturated rings. The fourth-order valence-electron chi connectivity index (χ4n) is 3.97. The van der Waals surface area contributed by atoms with E-state index in [-0.39, 0.29) is 17.7 Å². The van der Waals surface area contributed by atoms with Crippen LogP contribution in [0.2, 0.25) is 0 Å². The lowest BCUT2D eigenvalue weighted by atomic mass is 9.80. The molecule has 2 amide bonds. The number of amides is 2. The summed E-state index contributed by atoms with van der Waals surface area (Å²) in [4.78, 5) is 40.2. The van der Waals surface area contributed by atoms with E-state index in [4.69, 9.17) is 4.74 Å². The Balaban J connectivity index is 1.55. The lowest BCUT2D eigenvalue weighted by Gasteiger charge is -2.37. The Morgan fingerprint density at radius 3 is 2.37 bits per heavy atom. The van der Waals surface area contributed by atoms with Gasteiger partial charge >= 0.3 is 5.97 Å². The maximum absolute atomic E-state index is 12.8. The van der Waals surface area contributed by atoms with Crippen LogP contribution in [0.5, 0.6) is 5.75 Å². The molecular weight excluding hydrogens is 348 g/mol. The molecule has 1 heterocycles. The third-order valence-corrected chi connectivity index (χ3v) is 5.57. The summed E-state index contributed by atoms with van der Waals surface area (Å²) in [6.45, 7) is 1.94. The third kappa shape index (κ3) is 4.40. The van der Waals surface area contributed by atoms with Gasteiger partial charge < -0.3 is 19.6 Å². The fourth-order valence-corrected chi connectivity index (χ4v) is 3.97. The van der Waals surface area contributed by atoms with Gasteiger partial charge in [0.05, 0.1) is 13.0 Å². The number of ether oxygens (including phenoxy) is 1. The summed E-state index contributed by atoms with van der Waals surface area (Å²) in [5.41, 5.74) is 0.575. The number of carbonyl (C=O) groups excluding carboxylic acids is 2. The lowest BCUT2D eigenvalue weighted by Crippen LogP contribution is -2.52. The first kappa shape index (κ1) is 19.2. The summed E-state index contributed by atoms with van der Waals surface area (Å²) in [7, 11) is 1.56. The number of rotatable bonds is 4. The van der Waals surface area contributed by atoms with Crippen molar-refractivity contribution in [3.05, 3.63) is 29.8 Å². The molecule has 27 heavy (non-hydrogen) atoms.